The smallest absolute Gasteiger partial charge is 0.146 e. The number of Topliss-reactive ketones (excluding diaryl/α,β-unsaturated/α-hetero) is 1. The van der Waals surface area contributed by atoms with E-state index in [1.807, 2.05) is 18.2 Å². The first-order chi connectivity index (χ1) is 9.33. The summed E-state index contributed by atoms with van der Waals surface area (Å²) in [6.45, 7) is 9.06. The molecule has 0 N–H and O–H groups in total. The normalized spacial score (nSPS) is 38.8. The van der Waals surface area contributed by atoms with Crippen LogP contribution >= 0.6 is 0 Å². The van der Waals surface area contributed by atoms with Crippen molar-refractivity contribution in [1.82, 2.24) is 0 Å². The summed E-state index contributed by atoms with van der Waals surface area (Å²) in [4.78, 5) is 12.9. The van der Waals surface area contributed by atoms with Crippen molar-refractivity contribution in [3.8, 4) is 0 Å². The summed E-state index contributed by atoms with van der Waals surface area (Å²) in [6, 6.07) is 10.3. The van der Waals surface area contributed by atoms with Gasteiger partial charge >= 0.3 is 0 Å². The van der Waals surface area contributed by atoms with E-state index in [4.69, 9.17) is 0 Å². The maximum Gasteiger partial charge on any atom is 0.146 e. The number of rotatable bonds is 2. The van der Waals surface area contributed by atoms with E-state index in [0.717, 1.165) is 12.8 Å². The Morgan fingerprint density at radius 1 is 1.05 bits per heavy atom. The standard InChI is InChI=1S/C19H24O/c1-17(2)18(3)12-13-19(17,4)16(20)15(18)11-10-14-8-6-5-7-9-14/h5-11,15H,12-13H2,1-4H3. The molecule has 0 aliphatic heterocycles. The molecule has 2 aliphatic carbocycles. The Morgan fingerprint density at radius 3 is 2.25 bits per heavy atom. The van der Waals surface area contributed by atoms with Gasteiger partial charge in [0.05, 0.1) is 0 Å². The topological polar surface area (TPSA) is 17.1 Å². The summed E-state index contributed by atoms with van der Waals surface area (Å²) in [6.07, 6.45) is 6.48. The van der Waals surface area contributed by atoms with Gasteiger partial charge in [-0.3, -0.25) is 4.79 Å². The quantitative estimate of drug-likeness (QED) is 0.757. The van der Waals surface area contributed by atoms with Crippen molar-refractivity contribution >= 4 is 11.9 Å². The lowest BCUT2D eigenvalue weighted by molar-refractivity contribution is -0.130. The highest BCUT2D eigenvalue weighted by Gasteiger charge is 2.71. The lowest BCUT2D eigenvalue weighted by Crippen LogP contribution is -2.34. The number of allylic oxidation sites excluding steroid dienone is 1. The van der Waals surface area contributed by atoms with E-state index in [0.29, 0.717) is 5.78 Å². The number of carbonyl (C=O) groups is 1. The maximum atomic E-state index is 12.9. The number of carbonyl (C=O) groups excluding carboxylic acids is 1. The first-order valence-corrected chi connectivity index (χ1v) is 7.60. The molecule has 0 aromatic heterocycles. The second kappa shape index (κ2) is 4.07. The zero-order chi connectivity index (χ0) is 14.6. The third-order valence-corrected chi connectivity index (χ3v) is 6.74. The van der Waals surface area contributed by atoms with Crippen LogP contribution in [0.4, 0.5) is 0 Å². The van der Waals surface area contributed by atoms with Crippen molar-refractivity contribution in [1.29, 1.82) is 0 Å². The summed E-state index contributed by atoms with van der Waals surface area (Å²) < 4.78 is 0. The summed E-state index contributed by atoms with van der Waals surface area (Å²) in [5.41, 5.74) is 1.22. The highest BCUT2D eigenvalue weighted by Crippen LogP contribution is 2.72. The van der Waals surface area contributed by atoms with Gasteiger partial charge in [0.1, 0.15) is 5.78 Å². The molecular formula is C19H24O. The van der Waals surface area contributed by atoms with Gasteiger partial charge in [0.25, 0.3) is 0 Å². The molecule has 0 spiro atoms. The molecule has 0 heterocycles. The van der Waals surface area contributed by atoms with E-state index < -0.39 is 0 Å². The third kappa shape index (κ3) is 1.47. The van der Waals surface area contributed by atoms with E-state index >= 15 is 0 Å². The Labute approximate surface area is 122 Å². The predicted molar refractivity (Wildman–Crippen MR) is 83.2 cm³/mol. The van der Waals surface area contributed by atoms with Gasteiger partial charge in [-0.1, -0.05) is 70.2 Å². The summed E-state index contributed by atoms with van der Waals surface area (Å²) in [7, 11) is 0. The fourth-order valence-corrected chi connectivity index (χ4v) is 4.44. The van der Waals surface area contributed by atoms with Crippen LogP contribution in [0.5, 0.6) is 0 Å². The molecule has 3 atom stereocenters. The van der Waals surface area contributed by atoms with Gasteiger partial charge in [0.15, 0.2) is 0 Å². The first kappa shape index (κ1) is 13.6. The summed E-state index contributed by atoms with van der Waals surface area (Å²) in [5.74, 6) is 0.514. The van der Waals surface area contributed by atoms with Gasteiger partial charge < -0.3 is 0 Å². The Kier molecular flexibility index (Phi) is 2.77. The predicted octanol–water partition coefficient (Wildman–Crippen LogP) is 4.73. The average molecular weight is 268 g/mol. The van der Waals surface area contributed by atoms with E-state index in [9.17, 15) is 4.79 Å². The van der Waals surface area contributed by atoms with Gasteiger partial charge in [-0.15, -0.1) is 0 Å². The monoisotopic (exact) mass is 268 g/mol. The van der Waals surface area contributed by atoms with Crippen LogP contribution in [0, 0.1) is 22.2 Å². The molecule has 2 bridgehead atoms. The molecule has 2 saturated carbocycles. The average Bonchev–Trinajstić information content (AvgIpc) is 2.67. The molecule has 106 valence electrons. The van der Waals surface area contributed by atoms with Gasteiger partial charge in [0.2, 0.25) is 0 Å². The van der Waals surface area contributed by atoms with Gasteiger partial charge in [-0.2, -0.15) is 0 Å². The SMILES string of the molecule is CC12CCC(C)(C(C=Cc3ccccc3)C1=O)C2(C)C. The minimum absolute atomic E-state index is 0.0662. The third-order valence-electron chi connectivity index (χ3n) is 6.74. The van der Waals surface area contributed by atoms with E-state index in [-0.39, 0.29) is 22.2 Å². The lowest BCUT2D eigenvalue weighted by atomic mass is 9.64. The molecule has 1 aromatic carbocycles. The highest BCUT2D eigenvalue weighted by molar-refractivity contribution is 5.94. The van der Waals surface area contributed by atoms with Crippen molar-refractivity contribution in [2.45, 2.75) is 40.5 Å². The zero-order valence-electron chi connectivity index (χ0n) is 12.9. The van der Waals surface area contributed by atoms with E-state index in [2.05, 4.69) is 52.0 Å². The fourth-order valence-electron chi connectivity index (χ4n) is 4.44. The summed E-state index contributed by atoms with van der Waals surface area (Å²) >= 11 is 0. The fraction of sp³-hybridized carbons (Fsp3) is 0.526. The van der Waals surface area contributed by atoms with E-state index in [1.54, 1.807) is 0 Å². The van der Waals surface area contributed by atoms with Gasteiger partial charge in [-0.05, 0) is 29.2 Å². The second-order valence-electron chi connectivity index (χ2n) is 7.49. The minimum Gasteiger partial charge on any atom is -0.298 e. The van der Waals surface area contributed by atoms with Gasteiger partial charge in [0, 0.05) is 11.3 Å². The van der Waals surface area contributed by atoms with Crippen LogP contribution in [0.15, 0.2) is 36.4 Å². The Bertz CT molecular complexity index is 569. The zero-order valence-corrected chi connectivity index (χ0v) is 12.9. The number of benzene rings is 1. The number of hydrogen-bond donors (Lipinski definition) is 0. The minimum atomic E-state index is -0.145. The first-order valence-electron chi connectivity index (χ1n) is 7.60. The Hall–Kier alpha value is -1.37. The van der Waals surface area contributed by atoms with Crippen LogP contribution in [0.1, 0.15) is 46.1 Å². The molecule has 1 aromatic rings. The van der Waals surface area contributed by atoms with Crippen molar-refractivity contribution in [2.75, 3.05) is 0 Å². The van der Waals surface area contributed by atoms with Crippen molar-refractivity contribution in [2.24, 2.45) is 22.2 Å². The van der Waals surface area contributed by atoms with Crippen LogP contribution in [-0.4, -0.2) is 5.78 Å². The molecule has 3 unspecified atom stereocenters. The highest BCUT2D eigenvalue weighted by atomic mass is 16.1. The molecule has 0 radical (unpaired) electrons. The maximum absolute atomic E-state index is 12.9. The molecule has 1 nitrogen and oxygen atoms in total. The van der Waals surface area contributed by atoms with Crippen molar-refractivity contribution in [3.63, 3.8) is 0 Å². The number of fused-ring (bicyclic) bond motifs is 2. The summed E-state index contributed by atoms with van der Waals surface area (Å²) in [5, 5.41) is 0. The molecule has 20 heavy (non-hydrogen) atoms. The molecule has 0 amide bonds. The molecule has 2 aliphatic rings. The largest absolute Gasteiger partial charge is 0.298 e. The lowest BCUT2D eigenvalue weighted by Gasteiger charge is -2.38. The van der Waals surface area contributed by atoms with E-state index in [1.165, 1.54) is 5.56 Å². The molecule has 0 saturated heterocycles. The van der Waals surface area contributed by atoms with Crippen LogP contribution in [0.3, 0.4) is 0 Å². The Balaban J connectivity index is 1.96. The molecule has 1 heteroatoms. The van der Waals surface area contributed by atoms with Crippen LogP contribution in [0.25, 0.3) is 6.08 Å². The van der Waals surface area contributed by atoms with Crippen LogP contribution in [-0.2, 0) is 4.79 Å². The molecule has 2 fully saturated rings. The Morgan fingerprint density at radius 2 is 1.70 bits per heavy atom. The van der Waals surface area contributed by atoms with Gasteiger partial charge in [-0.25, -0.2) is 0 Å². The molecular weight excluding hydrogens is 244 g/mol. The second-order valence-corrected chi connectivity index (χ2v) is 7.49. The molecule has 3 rings (SSSR count). The van der Waals surface area contributed by atoms with Crippen molar-refractivity contribution in [3.05, 3.63) is 42.0 Å². The van der Waals surface area contributed by atoms with Crippen LogP contribution < -0.4 is 0 Å². The number of ketones is 1. The van der Waals surface area contributed by atoms with Crippen molar-refractivity contribution < 1.29 is 4.79 Å². The van der Waals surface area contributed by atoms with Crippen LogP contribution in [0.2, 0.25) is 0 Å². The number of hydrogen-bond acceptors (Lipinski definition) is 1.